The second-order valence-electron chi connectivity index (χ2n) is 9.73. The molecular weight excluding hydrogens is 662 g/mol. The summed E-state index contributed by atoms with van der Waals surface area (Å²) < 4.78 is 28.1. The molecule has 0 aliphatic carbocycles. The van der Waals surface area contributed by atoms with Gasteiger partial charge in [-0.3, -0.25) is 0 Å². The van der Waals surface area contributed by atoms with Gasteiger partial charge in [-0.15, -0.1) is 0 Å². The molecule has 0 saturated heterocycles. The Labute approximate surface area is 273 Å². The molecule has 226 valence electrons. The normalized spacial score (nSPS) is 14.1. The Kier molecular flexibility index (Phi) is 10.7. The molecule has 0 saturated carbocycles. The van der Waals surface area contributed by atoms with Gasteiger partial charge >= 0.3 is 5.97 Å². The molecule has 0 aromatic heterocycles. The van der Waals surface area contributed by atoms with Gasteiger partial charge in [0.1, 0.15) is 33.2 Å². The highest BCUT2D eigenvalue weighted by Crippen LogP contribution is 2.48. The molecule has 0 spiro atoms. The van der Waals surface area contributed by atoms with Crippen LogP contribution >= 0.6 is 58.0 Å². The van der Waals surface area contributed by atoms with Gasteiger partial charge in [0.15, 0.2) is 23.9 Å². The van der Waals surface area contributed by atoms with Crippen LogP contribution in [0, 0.1) is 17.2 Å². The first kappa shape index (κ1) is 32.7. The lowest BCUT2D eigenvalue weighted by Crippen LogP contribution is -2.22. The first-order valence-corrected chi connectivity index (χ1v) is 14.7. The molecule has 1 aliphatic rings. The van der Waals surface area contributed by atoms with E-state index in [4.69, 9.17) is 87.4 Å². The second-order valence-corrected chi connectivity index (χ2v) is 11.6. The van der Waals surface area contributed by atoms with E-state index >= 15 is 0 Å². The Morgan fingerprint density at radius 2 is 1.65 bits per heavy atom. The molecule has 1 heterocycles. The maximum absolute atomic E-state index is 12.6. The van der Waals surface area contributed by atoms with Gasteiger partial charge in [-0.2, -0.15) is 5.26 Å². The number of halogens is 5. The van der Waals surface area contributed by atoms with Crippen LogP contribution in [0.3, 0.4) is 0 Å². The monoisotopic (exact) mass is 684 g/mol. The van der Waals surface area contributed by atoms with Crippen molar-refractivity contribution < 1.29 is 28.5 Å². The highest BCUT2D eigenvalue weighted by molar-refractivity contribution is 6.55. The summed E-state index contributed by atoms with van der Waals surface area (Å²) in [5, 5.41) is 9.53. The van der Waals surface area contributed by atoms with Gasteiger partial charge in [-0.25, -0.2) is 4.79 Å². The topological polar surface area (TPSA) is 113 Å². The highest BCUT2D eigenvalue weighted by atomic mass is 35.5. The fourth-order valence-corrected chi connectivity index (χ4v) is 5.46. The third kappa shape index (κ3) is 7.14. The number of methoxy groups -OCH3 is 1. The summed E-state index contributed by atoms with van der Waals surface area (Å²) in [6, 6.07) is 12.3. The fourth-order valence-electron chi connectivity index (χ4n) is 4.23. The molecule has 3 aromatic carbocycles. The van der Waals surface area contributed by atoms with Crippen LogP contribution in [-0.2, 0) is 4.79 Å². The van der Waals surface area contributed by atoms with Crippen LogP contribution in [0.5, 0.6) is 28.7 Å². The molecule has 2 N–H and O–H groups in total. The largest absolute Gasteiger partial charge is 0.493 e. The average Bonchev–Trinajstić information content (AvgIpc) is 2.98. The summed E-state index contributed by atoms with van der Waals surface area (Å²) in [5.74, 6) is 0.453. The second kappa shape index (κ2) is 14.1. The minimum atomic E-state index is -0.791. The summed E-state index contributed by atoms with van der Waals surface area (Å²) in [5.41, 5.74) is 7.72. The van der Waals surface area contributed by atoms with Crippen LogP contribution in [0.2, 0.25) is 25.1 Å². The number of ether oxygens (including phenoxy) is 5. The summed E-state index contributed by atoms with van der Waals surface area (Å²) in [4.78, 5) is 12.6. The minimum absolute atomic E-state index is 0.0436. The number of nitrogens with two attached hydrogens (primary N) is 1. The predicted octanol–water partition coefficient (Wildman–Crippen LogP) is 8.59. The summed E-state index contributed by atoms with van der Waals surface area (Å²) >= 11 is 30.4. The van der Waals surface area contributed by atoms with E-state index in [2.05, 4.69) is 19.9 Å². The molecule has 1 unspecified atom stereocenters. The maximum Gasteiger partial charge on any atom is 0.349 e. The molecular formula is C30H25Cl5N2O6. The van der Waals surface area contributed by atoms with Gasteiger partial charge in [-0.1, -0.05) is 84.0 Å². The Morgan fingerprint density at radius 3 is 2.28 bits per heavy atom. The Balaban J connectivity index is 1.56. The van der Waals surface area contributed by atoms with Crippen molar-refractivity contribution in [2.75, 3.05) is 20.3 Å². The van der Waals surface area contributed by atoms with Gasteiger partial charge in [-0.05, 0) is 36.1 Å². The number of nitrogens with zero attached hydrogens (tertiary/aromatic N) is 1. The van der Waals surface area contributed by atoms with E-state index in [-0.39, 0.29) is 48.1 Å². The van der Waals surface area contributed by atoms with Gasteiger partial charge in [0.2, 0.25) is 5.88 Å². The van der Waals surface area contributed by atoms with Crippen molar-refractivity contribution in [3.63, 3.8) is 0 Å². The first-order chi connectivity index (χ1) is 20.5. The van der Waals surface area contributed by atoms with Crippen LogP contribution in [0.25, 0.3) is 0 Å². The van der Waals surface area contributed by atoms with Gasteiger partial charge in [0, 0.05) is 11.6 Å². The van der Waals surface area contributed by atoms with E-state index in [1.165, 1.54) is 6.07 Å². The van der Waals surface area contributed by atoms with Crippen molar-refractivity contribution in [1.82, 2.24) is 0 Å². The zero-order valence-electron chi connectivity index (χ0n) is 23.1. The molecule has 13 heteroatoms. The van der Waals surface area contributed by atoms with Crippen LogP contribution in [0.1, 0.15) is 37.3 Å². The lowest BCUT2D eigenvalue weighted by atomic mass is 9.83. The summed E-state index contributed by atoms with van der Waals surface area (Å²) in [6.45, 7) is 4.19. The molecule has 0 amide bonds. The molecule has 1 aliphatic heterocycles. The van der Waals surface area contributed by atoms with Crippen LogP contribution < -0.4 is 29.4 Å². The van der Waals surface area contributed by atoms with Gasteiger partial charge in [0.25, 0.3) is 0 Å². The van der Waals surface area contributed by atoms with Crippen molar-refractivity contribution in [3.05, 3.63) is 84.1 Å². The molecule has 43 heavy (non-hydrogen) atoms. The van der Waals surface area contributed by atoms with Gasteiger partial charge in [0.05, 0.1) is 34.7 Å². The Morgan fingerprint density at radius 1 is 0.977 bits per heavy atom. The number of hydrogen-bond acceptors (Lipinski definition) is 8. The number of carbonyl (C=O) groups excluding carboxylic acids is 1. The molecule has 4 rings (SSSR count). The smallest absolute Gasteiger partial charge is 0.349 e. The molecule has 8 nitrogen and oxygen atoms in total. The van der Waals surface area contributed by atoms with E-state index in [0.29, 0.717) is 35.3 Å². The zero-order chi connectivity index (χ0) is 31.4. The first-order valence-electron chi connectivity index (χ1n) is 12.8. The number of benzene rings is 3. The molecule has 0 radical (unpaired) electrons. The van der Waals surface area contributed by atoms with E-state index in [9.17, 15) is 10.1 Å². The zero-order valence-corrected chi connectivity index (χ0v) is 26.9. The lowest BCUT2D eigenvalue weighted by Gasteiger charge is -2.27. The number of esters is 1. The van der Waals surface area contributed by atoms with Crippen LogP contribution in [-0.4, -0.2) is 26.3 Å². The molecule has 0 fully saturated rings. The highest BCUT2D eigenvalue weighted by Gasteiger charge is 2.32. The lowest BCUT2D eigenvalue weighted by molar-refractivity contribution is -0.136. The summed E-state index contributed by atoms with van der Waals surface area (Å²) in [6.07, 6.45) is 0.889. The quantitative estimate of drug-likeness (QED) is 0.0977. The van der Waals surface area contributed by atoms with Crippen LogP contribution in [0.4, 0.5) is 0 Å². The number of hydrogen-bond donors (Lipinski definition) is 1. The van der Waals surface area contributed by atoms with Crippen molar-refractivity contribution in [1.29, 1.82) is 5.26 Å². The Hall–Kier alpha value is -3.19. The van der Waals surface area contributed by atoms with Crippen molar-refractivity contribution >= 4 is 64.0 Å². The molecule has 1 atom stereocenters. The standard InChI is InChI=1S/C30H25Cl5N2O6/c1-14(2)8-9-40-19-7-4-15(10-21(19)39-3)23-17-6-5-16(11-20(17)43-30(37)18(23)12-36)42-22(38)13-41-29-27(34)25(32)24(31)26(33)28(29)35/h4-7,10-11,14,23H,8-9,13,37H2,1-3H3. The number of allylic oxidation sites excluding steroid dienone is 1. The average molecular weight is 687 g/mol. The minimum Gasteiger partial charge on any atom is -0.493 e. The van der Waals surface area contributed by atoms with E-state index < -0.39 is 18.5 Å². The third-order valence-electron chi connectivity index (χ3n) is 6.40. The van der Waals surface area contributed by atoms with Crippen molar-refractivity contribution in [3.8, 4) is 34.8 Å². The van der Waals surface area contributed by atoms with E-state index in [1.54, 1.807) is 31.4 Å². The molecule has 0 bridgehead atoms. The third-order valence-corrected chi connectivity index (χ3v) is 8.64. The van der Waals surface area contributed by atoms with Crippen molar-refractivity contribution in [2.24, 2.45) is 11.7 Å². The van der Waals surface area contributed by atoms with Crippen molar-refractivity contribution in [2.45, 2.75) is 26.2 Å². The number of nitriles is 1. The predicted molar refractivity (Wildman–Crippen MR) is 166 cm³/mol. The number of fused-ring (bicyclic) bond motifs is 1. The SMILES string of the molecule is COc1cc(C2C(C#N)=C(N)Oc3cc(OC(=O)COc4c(Cl)c(Cl)c(Cl)c(Cl)c4Cl)ccc32)ccc1OCCC(C)C. The number of rotatable bonds is 10. The summed E-state index contributed by atoms with van der Waals surface area (Å²) in [7, 11) is 1.55. The number of carbonyl (C=O) groups is 1. The van der Waals surface area contributed by atoms with E-state index in [1.807, 2.05) is 6.07 Å². The Bertz CT molecular complexity index is 1610. The fraction of sp³-hybridized carbons (Fsp3) is 0.267. The van der Waals surface area contributed by atoms with E-state index in [0.717, 1.165) is 12.0 Å². The molecule has 3 aromatic rings. The maximum atomic E-state index is 12.6. The van der Waals surface area contributed by atoms with Gasteiger partial charge < -0.3 is 29.4 Å². The van der Waals surface area contributed by atoms with Crippen LogP contribution in [0.15, 0.2) is 47.9 Å².